The maximum Gasteiger partial charge on any atom is 0.153 e. The molecule has 1 aromatic carbocycles. The monoisotopic (exact) mass is 332 g/mol. The summed E-state index contributed by atoms with van der Waals surface area (Å²) < 4.78 is 24.4. The van der Waals surface area contributed by atoms with Crippen LogP contribution in [0.4, 0.5) is 0 Å². The second-order valence-corrected chi connectivity index (χ2v) is 8.26. The number of sulfone groups is 1. The van der Waals surface area contributed by atoms with Crippen LogP contribution >= 0.6 is 15.9 Å². The molecule has 0 spiro atoms. The zero-order valence-electron chi connectivity index (χ0n) is 10.3. The molecule has 0 radical (unpaired) electrons. The van der Waals surface area contributed by atoms with Gasteiger partial charge in [0, 0.05) is 17.1 Å². The molecule has 1 saturated carbocycles. The summed E-state index contributed by atoms with van der Waals surface area (Å²) in [6, 6.07) is 7.64. The van der Waals surface area contributed by atoms with Gasteiger partial charge in [-0.2, -0.15) is 0 Å². The van der Waals surface area contributed by atoms with Gasteiger partial charge in [-0.05, 0) is 37.0 Å². The van der Waals surface area contributed by atoms with E-state index in [0.717, 1.165) is 16.5 Å². The number of aliphatic hydroxyl groups is 1. The van der Waals surface area contributed by atoms with Crippen LogP contribution in [0.2, 0.25) is 0 Å². The lowest BCUT2D eigenvalue weighted by atomic mass is 9.93. The first-order chi connectivity index (χ1) is 8.31. The van der Waals surface area contributed by atoms with Crippen LogP contribution in [0.5, 0.6) is 0 Å². The Hall–Kier alpha value is -0.390. The Kier molecular flexibility index (Phi) is 3.85. The van der Waals surface area contributed by atoms with E-state index in [1.54, 1.807) is 0 Å². The largest absolute Gasteiger partial charge is 0.388 e. The van der Waals surface area contributed by atoms with Crippen LogP contribution in [0.3, 0.4) is 0 Å². The lowest BCUT2D eigenvalue weighted by Crippen LogP contribution is -2.44. The van der Waals surface area contributed by atoms with Crippen molar-refractivity contribution in [3.63, 3.8) is 0 Å². The fourth-order valence-electron chi connectivity index (χ4n) is 2.79. The zero-order chi connectivity index (χ0) is 13.4. The van der Waals surface area contributed by atoms with Gasteiger partial charge in [-0.3, -0.25) is 0 Å². The minimum absolute atomic E-state index is 0.401. The highest BCUT2D eigenvalue weighted by atomic mass is 79.9. The Bertz CT molecular complexity index is 524. The van der Waals surface area contributed by atoms with Gasteiger partial charge in [0.1, 0.15) is 0 Å². The minimum Gasteiger partial charge on any atom is -0.388 e. The highest BCUT2D eigenvalue weighted by molar-refractivity contribution is 9.10. The molecule has 1 N–H and O–H groups in total. The van der Waals surface area contributed by atoms with Crippen molar-refractivity contribution in [2.75, 3.05) is 6.26 Å². The normalized spacial score (nSPS) is 28.5. The van der Waals surface area contributed by atoms with Gasteiger partial charge in [0.15, 0.2) is 9.84 Å². The summed E-state index contributed by atoms with van der Waals surface area (Å²) in [5.74, 6) is 0. The van der Waals surface area contributed by atoms with Crippen molar-refractivity contribution in [3.8, 4) is 0 Å². The molecule has 5 heteroatoms. The summed E-state index contributed by atoms with van der Waals surface area (Å²) in [6.07, 6.45) is 3.50. The second kappa shape index (κ2) is 4.94. The Morgan fingerprint density at radius 3 is 2.56 bits per heavy atom. The standard InChI is InChI=1S/C13H17BrO3S/c1-18(16,17)12-3-2-8-13(12,15)9-10-4-6-11(14)7-5-10/h4-7,12,15H,2-3,8-9H2,1H3. The van der Waals surface area contributed by atoms with Crippen LogP contribution in [0.1, 0.15) is 24.8 Å². The van der Waals surface area contributed by atoms with Crippen molar-refractivity contribution < 1.29 is 13.5 Å². The molecule has 100 valence electrons. The van der Waals surface area contributed by atoms with E-state index in [9.17, 15) is 13.5 Å². The quantitative estimate of drug-likeness (QED) is 0.924. The predicted octanol–water partition coefficient (Wildman–Crippen LogP) is 2.32. The molecule has 1 aromatic rings. The molecule has 0 aliphatic heterocycles. The van der Waals surface area contributed by atoms with Crippen LogP contribution in [0.15, 0.2) is 28.7 Å². The van der Waals surface area contributed by atoms with E-state index >= 15 is 0 Å². The molecule has 18 heavy (non-hydrogen) atoms. The molecule has 2 rings (SSSR count). The summed E-state index contributed by atoms with van der Waals surface area (Å²) in [5.41, 5.74) is -0.141. The van der Waals surface area contributed by atoms with Crippen molar-refractivity contribution in [3.05, 3.63) is 34.3 Å². The van der Waals surface area contributed by atoms with Crippen LogP contribution < -0.4 is 0 Å². The third kappa shape index (κ3) is 2.95. The van der Waals surface area contributed by atoms with Crippen molar-refractivity contribution in [2.24, 2.45) is 0 Å². The lowest BCUT2D eigenvalue weighted by Gasteiger charge is -2.29. The van der Waals surface area contributed by atoms with Crippen molar-refractivity contribution in [2.45, 2.75) is 36.5 Å². The summed E-state index contributed by atoms with van der Waals surface area (Å²) in [7, 11) is -3.20. The van der Waals surface area contributed by atoms with Crippen LogP contribution in [-0.2, 0) is 16.3 Å². The van der Waals surface area contributed by atoms with Gasteiger partial charge in [0.2, 0.25) is 0 Å². The van der Waals surface area contributed by atoms with Gasteiger partial charge >= 0.3 is 0 Å². The highest BCUT2D eigenvalue weighted by Crippen LogP contribution is 2.37. The Morgan fingerprint density at radius 1 is 1.39 bits per heavy atom. The first-order valence-corrected chi connectivity index (χ1v) is 8.72. The number of hydrogen-bond donors (Lipinski definition) is 1. The molecule has 3 nitrogen and oxygen atoms in total. The fourth-order valence-corrected chi connectivity index (χ4v) is 4.65. The lowest BCUT2D eigenvalue weighted by molar-refractivity contribution is 0.0513. The molecule has 2 unspecified atom stereocenters. The topological polar surface area (TPSA) is 54.4 Å². The fraction of sp³-hybridized carbons (Fsp3) is 0.538. The summed E-state index contributed by atoms with van der Waals surface area (Å²) >= 11 is 3.36. The second-order valence-electron chi connectivity index (χ2n) is 5.12. The van der Waals surface area contributed by atoms with E-state index in [0.29, 0.717) is 19.3 Å². The van der Waals surface area contributed by atoms with Gasteiger partial charge in [-0.1, -0.05) is 28.1 Å². The molecular weight excluding hydrogens is 316 g/mol. The van der Waals surface area contributed by atoms with Crippen LogP contribution in [0, 0.1) is 0 Å². The van der Waals surface area contributed by atoms with Crippen LogP contribution in [-0.4, -0.2) is 30.6 Å². The summed E-state index contributed by atoms with van der Waals surface area (Å²) in [5, 5.41) is 9.99. The molecule has 0 aromatic heterocycles. The SMILES string of the molecule is CS(=O)(=O)C1CCCC1(O)Cc1ccc(Br)cc1. The average molecular weight is 333 g/mol. The van der Waals surface area contributed by atoms with E-state index in [1.807, 2.05) is 24.3 Å². The van der Waals surface area contributed by atoms with Crippen molar-refractivity contribution in [1.29, 1.82) is 0 Å². The van der Waals surface area contributed by atoms with E-state index < -0.39 is 20.7 Å². The van der Waals surface area contributed by atoms with Gasteiger partial charge in [0.25, 0.3) is 0 Å². The van der Waals surface area contributed by atoms with E-state index in [-0.39, 0.29) is 0 Å². The van der Waals surface area contributed by atoms with E-state index in [2.05, 4.69) is 15.9 Å². The van der Waals surface area contributed by atoms with Gasteiger partial charge < -0.3 is 5.11 Å². The number of halogens is 1. The maximum absolute atomic E-state index is 11.7. The number of rotatable bonds is 3. The van der Waals surface area contributed by atoms with Gasteiger partial charge in [-0.15, -0.1) is 0 Å². The first kappa shape index (κ1) is 14.0. The molecular formula is C13H17BrO3S. The summed E-state index contributed by atoms with van der Waals surface area (Å²) in [4.78, 5) is 0. The Balaban J connectivity index is 2.23. The first-order valence-electron chi connectivity index (χ1n) is 5.97. The average Bonchev–Trinajstić information content (AvgIpc) is 2.63. The number of benzene rings is 1. The molecule has 1 aliphatic carbocycles. The van der Waals surface area contributed by atoms with Crippen molar-refractivity contribution in [1.82, 2.24) is 0 Å². The molecule has 1 aliphatic rings. The third-order valence-corrected chi connectivity index (χ3v) is 5.85. The predicted molar refractivity (Wildman–Crippen MR) is 75.3 cm³/mol. The highest BCUT2D eigenvalue weighted by Gasteiger charge is 2.46. The van der Waals surface area contributed by atoms with Crippen molar-refractivity contribution >= 4 is 25.8 Å². The minimum atomic E-state index is -3.20. The van der Waals surface area contributed by atoms with Gasteiger partial charge in [0.05, 0.1) is 10.9 Å². The molecule has 0 amide bonds. The number of hydrogen-bond acceptors (Lipinski definition) is 3. The maximum atomic E-state index is 11.7. The molecule has 0 bridgehead atoms. The van der Waals surface area contributed by atoms with Crippen LogP contribution in [0.25, 0.3) is 0 Å². The van der Waals surface area contributed by atoms with Gasteiger partial charge in [-0.25, -0.2) is 8.42 Å². The zero-order valence-corrected chi connectivity index (χ0v) is 12.7. The Morgan fingerprint density at radius 2 is 2.00 bits per heavy atom. The molecule has 0 heterocycles. The molecule has 0 saturated heterocycles. The Labute approximate surface area is 116 Å². The van der Waals surface area contributed by atoms with E-state index in [4.69, 9.17) is 0 Å². The molecule has 1 fully saturated rings. The summed E-state index contributed by atoms with van der Waals surface area (Å²) in [6.45, 7) is 0. The smallest absolute Gasteiger partial charge is 0.153 e. The third-order valence-electron chi connectivity index (χ3n) is 3.62. The molecule has 2 atom stereocenters. The van der Waals surface area contributed by atoms with E-state index in [1.165, 1.54) is 6.26 Å².